The summed E-state index contributed by atoms with van der Waals surface area (Å²) in [5, 5.41) is 13.0. The fourth-order valence-electron chi connectivity index (χ4n) is 2.80. The van der Waals surface area contributed by atoms with E-state index in [0.29, 0.717) is 25.9 Å². The topological polar surface area (TPSA) is 69.6 Å². The Morgan fingerprint density at radius 1 is 1.30 bits per heavy atom. The van der Waals surface area contributed by atoms with Crippen LogP contribution in [0.2, 0.25) is 0 Å². The van der Waals surface area contributed by atoms with Gasteiger partial charge in [-0.25, -0.2) is 0 Å². The summed E-state index contributed by atoms with van der Waals surface area (Å²) in [4.78, 5) is 26.1. The molecule has 0 bridgehead atoms. The lowest BCUT2D eigenvalue weighted by atomic mass is 9.97. The highest BCUT2D eigenvalue weighted by molar-refractivity contribution is 5.89. The highest BCUT2D eigenvalue weighted by Gasteiger charge is 2.35. The van der Waals surface area contributed by atoms with Crippen LogP contribution in [0.25, 0.3) is 0 Å². The molecular formula is C18H26N2O3. The van der Waals surface area contributed by atoms with Crippen molar-refractivity contribution in [2.24, 2.45) is 5.92 Å². The lowest BCUT2D eigenvalue weighted by Gasteiger charge is -2.26. The first-order valence-electron chi connectivity index (χ1n) is 8.29. The number of carbonyl (C=O) groups excluding carboxylic acids is 2. The largest absolute Gasteiger partial charge is 0.388 e. The molecule has 2 amide bonds. The van der Waals surface area contributed by atoms with E-state index in [9.17, 15) is 14.7 Å². The molecule has 0 aromatic heterocycles. The van der Waals surface area contributed by atoms with Crippen molar-refractivity contribution < 1.29 is 14.7 Å². The first kappa shape index (κ1) is 17.5. The number of hydrogen-bond donors (Lipinski definition) is 2. The highest BCUT2D eigenvalue weighted by Crippen LogP contribution is 2.21. The summed E-state index contributed by atoms with van der Waals surface area (Å²) in [5.41, 5.74) is 0.204. The second-order valence-electron chi connectivity index (χ2n) is 6.31. The third-order valence-corrected chi connectivity index (χ3v) is 4.71. The number of nitrogens with one attached hydrogen (secondary N) is 1. The first-order chi connectivity index (χ1) is 11.0. The molecule has 2 N–H and O–H groups in total. The van der Waals surface area contributed by atoms with Crippen molar-refractivity contribution in [3.8, 4) is 0 Å². The van der Waals surface area contributed by atoms with E-state index in [1.807, 2.05) is 44.2 Å². The Hall–Kier alpha value is -1.88. The lowest BCUT2D eigenvalue weighted by Crippen LogP contribution is -2.44. The van der Waals surface area contributed by atoms with Crippen LogP contribution in [0.1, 0.15) is 38.7 Å². The maximum Gasteiger partial charge on any atom is 0.225 e. The normalized spacial score (nSPS) is 18.3. The zero-order chi connectivity index (χ0) is 16.9. The summed E-state index contributed by atoms with van der Waals surface area (Å²) in [6.45, 7) is 5.02. The number of hydrogen-bond acceptors (Lipinski definition) is 3. The van der Waals surface area contributed by atoms with Gasteiger partial charge in [0.25, 0.3) is 0 Å². The summed E-state index contributed by atoms with van der Waals surface area (Å²) in [6, 6.07) is 9.77. The number of likely N-dealkylation sites (tertiary alicyclic amines) is 1. The Morgan fingerprint density at radius 2 is 1.96 bits per heavy atom. The van der Waals surface area contributed by atoms with E-state index in [2.05, 4.69) is 5.32 Å². The SMILES string of the molecule is CCC(O)(CC)CNC(=O)C1CC(=O)N(Cc2ccccc2)C1. The minimum absolute atomic E-state index is 0.00949. The number of amides is 2. The van der Waals surface area contributed by atoms with Gasteiger partial charge >= 0.3 is 0 Å². The number of carbonyl (C=O) groups is 2. The van der Waals surface area contributed by atoms with E-state index in [4.69, 9.17) is 0 Å². The van der Waals surface area contributed by atoms with Crippen LogP contribution < -0.4 is 5.32 Å². The third-order valence-electron chi connectivity index (χ3n) is 4.71. The van der Waals surface area contributed by atoms with Gasteiger partial charge in [-0.15, -0.1) is 0 Å². The predicted octanol–water partition coefficient (Wildman–Crippen LogP) is 1.70. The van der Waals surface area contributed by atoms with Gasteiger partial charge in [0.1, 0.15) is 0 Å². The van der Waals surface area contributed by atoms with E-state index in [0.717, 1.165) is 5.56 Å². The van der Waals surface area contributed by atoms with Crippen LogP contribution in [0.5, 0.6) is 0 Å². The molecule has 1 aromatic carbocycles. The second-order valence-corrected chi connectivity index (χ2v) is 6.31. The van der Waals surface area contributed by atoms with E-state index in [1.165, 1.54) is 0 Å². The monoisotopic (exact) mass is 318 g/mol. The zero-order valence-corrected chi connectivity index (χ0v) is 13.9. The van der Waals surface area contributed by atoms with Crippen LogP contribution in [0.4, 0.5) is 0 Å². The van der Waals surface area contributed by atoms with Crippen molar-refractivity contribution in [2.45, 2.75) is 45.3 Å². The molecule has 5 nitrogen and oxygen atoms in total. The minimum atomic E-state index is -0.859. The zero-order valence-electron chi connectivity index (χ0n) is 13.9. The quantitative estimate of drug-likeness (QED) is 0.804. The van der Waals surface area contributed by atoms with Gasteiger partial charge in [-0.1, -0.05) is 44.2 Å². The molecule has 2 rings (SSSR count). The summed E-state index contributed by atoms with van der Waals surface area (Å²) in [5.74, 6) is -0.464. The maximum absolute atomic E-state index is 12.3. The Morgan fingerprint density at radius 3 is 2.57 bits per heavy atom. The van der Waals surface area contributed by atoms with Crippen molar-refractivity contribution in [1.82, 2.24) is 10.2 Å². The van der Waals surface area contributed by atoms with Gasteiger partial charge in [-0.05, 0) is 18.4 Å². The van der Waals surface area contributed by atoms with Gasteiger partial charge in [0.2, 0.25) is 11.8 Å². The summed E-state index contributed by atoms with van der Waals surface area (Å²) < 4.78 is 0. The molecule has 1 aliphatic rings. The summed E-state index contributed by atoms with van der Waals surface area (Å²) in [7, 11) is 0. The predicted molar refractivity (Wildman–Crippen MR) is 88.5 cm³/mol. The van der Waals surface area contributed by atoms with Crippen LogP contribution in [-0.2, 0) is 16.1 Å². The van der Waals surface area contributed by atoms with Gasteiger partial charge in [0.15, 0.2) is 0 Å². The van der Waals surface area contributed by atoms with E-state index < -0.39 is 5.60 Å². The molecule has 1 fully saturated rings. The van der Waals surface area contributed by atoms with Crippen LogP contribution >= 0.6 is 0 Å². The van der Waals surface area contributed by atoms with Crippen molar-refractivity contribution in [3.05, 3.63) is 35.9 Å². The van der Waals surface area contributed by atoms with Crippen molar-refractivity contribution in [3.63, 3.8) is 0 Å². The van der Waals surface area contributed by atoms with E-state index in [1.54, 1.807) is 4.90 Å². The first-order valence-corrected chi connectivity index (χ1v) is 8.29. The minimum Gasteiger partial charge on any atom is -0.388 e. The van der Waals surface area contributed by atoms with Gasteiger partial charge in [0, 0.05) is 26.1 Å². The third kappa shape index (κ3) is 4.55. The number of rotatable bonds is 7. The molecule has 0 saturated carbocycles. The molecule has 1 saturated heterocycles. The Labute approximate surface area is 137 Å². The molecule has 0 spiro atoms. The average molecular weight is 318 g/mol. The van der Waals surface area contributed by atoms with E-state index >= 15 is 0 Å². The molecule has 5 heteroatoms. The molecule has 1 heterocycles. The number of aliphatic hydroxyl groups is 1. The Kier molecular flexibility index (Phi) is 5.77. The molecule has 0 aliphatic carbocycles. The molecular weight excluding hydrogens is 292 g/mol. The van der Waals surface area contributed by atoms with Crippen LogP contribution in [0.15, 0.2) is 30.3 Å². The fourth-order valence-corrected chi connectivity index (χ4v) is 2.80. The molecule has 1 unspecified atom stereocenters. The van der Waals surface area contributed by atoms with Crippen molar-refractivity contribution in [2.75, 3.05) is 13.1 Å². The van der Waals surface area contributed by atoms with Crippen LogP contribution in [-0.4, -0.2) is 40.5 Å². The molecule has 1 aromatic rings. The number of benzene rings is 1. The van der Waals surface area contributed by atoms with Crippen molar-refractivity contribution >= 4 is 11.8 Å². The van der Waals surface area contributed by atoms with Crippen LogP contribution in [0, 0.1) is 5.92 Å². The van der Waals surface area contributed by atoms with Gasteiger partial charge in [-0.2, -0.15) is 0 Å². The van der Waals surface area contributed by atoms with Gasteiger partial charge in [-0.3, -0.25) is 9.59 Å². The van der Waals surface area contributed by atoms with E-state index in [-0.39, 0.29) is 30.7 Å². The van der Waals surface area contributed by atoms with Crippen molar-refractivity contribution in [1.29, 1.82) is 0 Å². The average Bonchev–Trinajstić information content (AvgIpc) is 2.94. The fraction of sp³-hybridized carbons (Fsp3) is 0.556. The Bertz CT molecular complexity index is 540. The lowest BCUT2D eigenvalue weighted by molar-refractivity contribution is -0.129. The van der Waals surface area contributed by atoms with Gasteiger partial charge < -0.3 is 15.3 Å². The highest BCUT2D eigenvalue weighted by atomic mass is 16.3. The summed E-state index contributed by atoms with van der Waals surface area (Å²) >= 11 is 0. The molecule has 1 aliphatic heterocycles. The smallest absolute Gasteiger partial charge is 0.225 e. The molecule has 0 radical (unpaired) electrons. The standard InChI is InChI=1S/C18H26N2O3/c1-3-18(23,4-2)13-19-17(22)15-10-16(21)20(12-15)11-14-8-6-5-7-9-14/h5-9,15,23H,3-4,10-13H2,1-2H3,(H,19,22). The second kappa shape index (κ2) is 7.59. The van der Waals surface area contributed by atoms with Crippen LogP contribution in [0.3, 0.4) is 0 Å². The Balaban J connectivity index is 1.88. The maximum atomic E-state index is 12.3. The molecule has 126 valence electrons. The molecule has 23 heavy (non-hydrogen) atoms. The van der Waals surface area contributed by atoms with Gasteiger partial charge in [0.05, 0.1) is 11.5 Å². The molecule has 1 atom stereocenters. The summed E-state index contributed by atoms with van der Waals surface area (Å²) in [6.07, 6.45) is 1.43. The number of nitrogens with zero attached hydrogens (tertiary/aromatic N) is 1.